The van der Waals surface area contributed by atoms with Gasteiger partial charge in [-0.3, -0.25) is 14.2 Å². The van der Waals surface area contributed by atoms with Crippen molar-refractivity contribution in [3.05, 3.63) is 66.2 Å². The molecule has 42 heavy (non-hydrogen) atoms. The van der Waals surface area contributed by atoms with Crippen LogP contribution in [0.1, 0.15) is 12.5 Å². The van der Waals surface area contributed by atoms with Crippen LogP contribution < -0.4 is 29.1 Å². The average molecular weight is 592 g/mol. The first-order valence-corrected chi connectivity index (χ1v) is 13.5. The van der Waals surface area contributed by atoms with Crippen LogP contribution in [0.15, 0.2) is 70.9 Å². The van der Waals surface area contributed by atoms with Gasteiger partial charge < -0.3 is 23.7 Å². The van der Waals surface area contributed by atoms with Gasteiger partial charge in [0.2, 0.25) is 5.75 Å². The van der Waals surface area contributed by atoms with Crippen LogP contribution in [0.3, 0.4) is 0 Å². The lowest BCUT2D eigenvalue weighted by Gasteiger charge is -2.13. The summed E-state index contributed by atoms with van der Waals surface area (Å²) in [6.45, 7) is 1.28. The first-order valence-electron chi connectivity index (χ1n) is 12.5. The van der Waals surface area contributed by atoms with Gasteiger partial charge in [-0.05, 0) is 42.5 Å². The van der Waals surface area contributed by atoms with E-state index in [1.54, 1.807) is 32.4 Å². The number of hydrazone groups is 1. The van der Waals surface area contributed by atoms with Crippen LogP contribution in [0.2, 0.25) is 0 Å². The molecule has 0 aliphatic heterocycles. The van der Waals surface area contributed by atoms with Gasteiger partial charge in [-0.1, -0.05) is 30.0 Å². The number of para-hydroxylation sites is 1. The Balaban J connectivity index is 1.51. The van der Waals surface area contributed by atoms with Gasteiger partial charge in [-0.15, -0.1) is 10.2 Å². The maximum Gasteiger partial charge on any atom is 0.308 e. The van der Waals surface area contributed by atoms with E-state index < -0.39 is 5.97 Å². The molecule has 4 aromatic rings. The molecule has 0 spiro atoms. The SMILES string of the molecule is COc1ccc(-c2nnc(SCC(=O)N/N=C/c3cc(OC)c(OC(C)=O)c(OC)c3)n2-c2ccccc2)cc1OC. The van der Waals surface area contributed by atoms with Crippen LogP contribution in [0.5, 0.6) is 28.7 Å². The third kappa shape index (κ3) is 6.99. The Bertz CT molecular complexity index is 1570. The number of thioether (sulfide) groups is 1. The first-order chi connectivity index (χ1) is 20.4. The molecule has 218 valence electrons. The third-order valence-corrected chi connectivity index (χ3v) is 6.68. The second-order valence-corrected chi connectivity index (χ2v) is 9.42. The minimum atomic E-state index is -0.517. The van der Waals surface area contributed by atoms with Crippen molar-refractivity contribution in [2.45, 2.75) is 12.1 Å². The lowest BCUT2D eigenvalue weighted by Crippen LogP contribution is -2.20. The lowest BCUT2D eigenvalue weighted by molar-refractivity contribution is -0.132. The monoisotopic (exact) mass is 591 g/mol. The lowest BCUT2D eigenvalue weighted by atomic mass is 10.2. The molecule has 0 aliphatic rings. The molecule has 4 rings (SSSR count). The van der Waals surface area contributed by atoms with E-state index >= 15 is 0 Å². The van der Waals surface area contributed by atoms with Gasteiger partial charge in [0.1, 0.15) is 0 Å². The fourth-order valence-corrected chi connectivity index (χ4v) is 4.64. The van der Waals surface area contributed by atoms with Crippen LogP contribution in [-0.2, 0) is 9.59 Å². The van der Waals surface area contributed by atoms with Crippen LogP contribution in [0.4, 0.5) is 0 Å². The maximum absolute atomic E-state index is 12.7. The van der Waals surface area contributed by atoms with E-state index in [9.17, 15) is 9.59 Å². The first kappa shape index (κ1) is 29.9. The molecular formula is C29H29N5O7S. The highest BCUT2D eigenvalue weighted by molar-refractivity contribution is 7.99. The Labute approximate surface area is 246 Å². The summed E-state index contributed by atoms with van der Waals surface area (Å²) in [7, 11) is 6.01. The zero-order valence-electron chi connectivity index (χ0n) is 23.6. The topological polar surface area (TPSA) is 135 Å². The predicted octanol–water partition coefficient (Wildman–Crippen LogP) is 4.14. The molecule has 1 amide bonds. The van der Waals surface area contributed by atoms with Gasteiger partial charge in [-0.25, -0.2) is 5.43 Å². The standard InChI is InChI=1S/C29H29N5O7S/c1-18(35)41-27-24(39-4)13-19(14-25(27)40-5)16-30-31-26(36)17-42-29-33-32-28(34(29)21-9-7-6-8-10-21)20-11-12-22(37-2)23(15-20)38-3/h6-16H,17H2,1-5H3,(H,31,36)/b30-16+. The van der Waals surface area contributed by atoms with Crippen molar-refractivity contribution in [2.24, 2.45) is 5.10 Å². The minimum absolute atomic E-state index is 0.0201. The summed E-state index contributed by atoms with van der Waals surface area (Å²) in [5.74, 6) is 1.57. The number of esters is 1. The maximum atomic E-state index is 12.7. The Morgan fingerprint density at radius 2 is 1.55 bits per heavy atom. The largest absolute Gasteiger partial charge is 0.493 e. The number of benzene rings is 3. The molecule has 13 heteroatoms. The van der Waals surface area contributed by atoms with Crippen molar-refractivity contribution in [1.29, 1.82) is 0 Å². The number of nitrogens with zero attached hydrogens (tertiary/aromatic N) is 4. The number of amides is 1. The second kappa shape index (κ2) is 14.0. The zero-order valence-corrected chi connectivity index (χ0v) is 24.4. The zero-order chi connectivity index (χ0) is 30.1. The summed E-state index contributed by atoms with van der Waals surface area (Å²) >= 11 is 1.21. The fourth-order valence-electron chi connectivity index (χ4n) is 3.90. The molecule has 0 atom stereocenters. The van der Waals surface area contributed by atoms with Crippen molar-refractivity contribution >= 4 is 29.9 Å². The Morgan fingerprint density at radius 1 is 0.881 bits per heavy atom. The number of hydrogen-bond donors (Lipinski definition) is 1. The Hall–Kier alpha value is -5.04. The molecule has 0 bridgehead atoms. The number of nitrogens with one attached hydrogen (secondary N) is 1. The normalized spacial score (nSPS) is 10.8. The van der Waals surface area contributed by atoms with Crippen molar-refractivity contribution < 1.29 is 33.3 Å². The number of carbonyl (C=O) groups is 2. The summed E-state index contributed by atoms with van der Waals surface area (Å²) in [6, 6.07) is 18.3. The van der Waals surface area contributed by atoms with Crippen LogP contribution in [0, 0.1) is 0 Å². The fraction of sp³-hybridized carbons (Fsp3) is 0.207. The summed E-state index contributed by atoms with van der Waals surface area (Å²) in [5, 5.41) is 13.3. The van der Waals surface area contributed by atoms with Crippen molar-refractivity contribution in [3.8, 4) is 45.8 Å². The van der Waals surface area contributed by atoms with E-state index in [4.69, 9.17) is 23.7 Å². The summed E-state index contributed by atoms with van der Waals surface area (Å²) in [5.41, 5.74) is 4.64. The van der Waals surface area contributed by atoms with E-state index in [-0.39, 0.29) is 28.9 Å². The molecule has 1 aromatic heterocycles. The van der Waals surface area contributed by atoms with Crippen molar-refractivity contribution in [2.75, 3.05) is 34.2 Å². The smallest absolute Gasteiger partial charge is 0.308 e. The van der Waals surface area contributed by atoms with Gasteiger partial charge in [0.05, 0.1) is 40.4 Å². The van der Waals surface area contributed by atoms with E-state index in [0.717, 1.165) is 11.3 Å². The second-order valence-electron chi connectivity index (χ2n) is 8.48. The molecule has 1 heterocycles. The molecule has 12 nitrogen and oxygen atoms in total. The highest BCUT2D eigenvalue weighted by Gasteiger charge is 2.19. The summed E-state index contributed by atoms with van der Waals surface area (Å²) < 4.78 is 28.5. The van der Waals surface area contributed by atoms with E-state index in [1.807, 2.05) is 47.0 Å². The van der Waals surface area contributed by atoms with Gasteiger partial charge in [0.25, 0.3) is 5.91 Å². The quantitative estimate of drug-likeness (QED) is 0.0842. The van der Waals surface area contributed by atoms with Gasteiger partial charge >= 0.3 is 5.97 Å². The van der Waals surface area contributed by atoms with Crippen LogP contribution in [-0.4, -0.2) is 67.0 Å². The van der Waals surface area contributed by atoms with Crippen molar-refractivity contribution in [1.82, 2.24) is 20.2 Å². The molecule has 0 radical (unpaired) electrons. The average Bonchev–Trinajstić information content (AvgIpc) is 3.44. The number of hydrogen-bond acceptors (Lipinski definition) is 11. The van der Waals surface area contributed by atoms with Gasteiger partial charge in [-0.2, -0.15) is 5.10 Å². The summed E-state index contributed by atoms with van der Waals surface area (Å²) in [6.07, 6.45) is 1.42. The molecule has 0 fully saturated rings. The molecule has 0 aliphatic carbocycles. The molecular weight excluding hydrogens is 562 g/mol. The highest BCUT2D eigenvalue weighted by Crippen LogP contribution is 2.38. The molecule has 0 saturated carbocycles. The van der Waals surface area contributed by atoms with Crippen LogP contribution >= 0.6 is 11.8 Å². The third-order valence-electron chi connectivity index (χ3n) is 5.75. The van der Waals surface area contributed by atoms with E-state index in [2.05, 4.69) is 20.7 Å². The Kier molecular flexibility index (Phi) is 10.0. The van der Waals surface area contributed by atoms with Gasteiger partial charge in [0.15, 0.2) is 34.0 Å². The molecule has 0 saturated heterocycles. The number of carbonyl (C=O) groups excluding carboxylic acids is 2. The Morgan fingerprint density at radius 3 is 2.17 bits per heavy atom. The highest BCUT2D eigenvalue weighted by atomic mass is 32.2. The number of methoxy groups -OCH3 is 4. The van der Waals surface area contributed by atoms with Crippen LogP contribution in [0.25, 0.3) is 17.1 Å². The number of ether oxygens (including phenoxy) is 5. The molecule has 0 unspecified atom stereocenters. The minimum Gasteiger partial charge on any atom is -0.493 e. The number of aromatic nitrogens is 3. The molecule has 1 N–H and O–H groups in total. The van der Waals surface area contributed by atoms with Gasteiger partial charge in [0, 0.05) is 23.7 Å². The van der Waals surface area contributed by atoms with E-state index in [1.165, 1.54) is 39.1 Å². The van der Waals surface area contributed by atoms with E-state index in [0.29, 0.717) is 28.0 Å². The predicted molar refractivity (Wildman–Crippen MR) is 157 cm³/mol. The van der Waals surface area contributed by atoms with Crippen molar-refractivity contribution in [3.63, 3.8) is 0 Å². The number of rotatable bonds is 12. The summed E-state index contributed by atoms with van der Waals surface area (Å²) in [4.78, 5) is 24.1. The molecule has 3 aromatic carbocycles.